The van der Waals surface area contributed by atoms with Crippen LogP contribution in [0, 0.1) is 23.7 Å². The van der Waals surface area contributed by atoms with Crippen LogP contribution in [0.5, 0.6) is 11.5 Å². The minimum Gasteiger partial charge on any atom is -0.504 e. The molecule has 0 spiro atoms. The van der Waals surface area contributed by atoms with Gasteiger partial charge < -0.3 is 15.6 Å². The molecule has 12 heteroatoms. The fourth-order valence-corrected chi connectivity index (χ4v) is 7.19. The number of rotatable bonds is 3. The number of halogens is 2. The van der Waals surface area contributed by atoms with Crippen molar-refractivity contribution in [2.24, 2.45) is 29.4 Å². The number of fused-ring (bicyclic) bond motifs is 4. The average Bonchev–Trinajstić information content (AvgIpc) is 3.19. The van der Waals surface area contributed by atoms with E-state index in [9.17, 15) is 29.1 Å². The van der Waals surface area contributed by atoms with E-state index in [4.69, 9.17) is 33.7 Å². The summed E-state index contributed by atoms with van der Waals surface area (Å²) in [6.07, 6.45) is 4.97. The standard InChI is InChI=1S/C25H23Cl2N3O7/c1-29-21(34)24(26)10-14-12(5-6-13-18(14)20(33)30(19(13)32)23(28)36)15(25(24,27)22(29)35)7-3-11-4-8-16(31)17(9-11)37-2/h3-5,7-9,13-15,18,31H,6,10H2,1-2H3,(H2,28,36). The van der Waals surface area contributed by atoms with E-state index in [1.165, 1.54) is 20.2 Å². The number of phenols is 1. The van der Waals surface area contributed by atoms with Crippen LogP contribution in [0.1, 0.15) is 18.4 Å². The average molecular weight is 548 g/mol. The smallest absolute Gasteiger partial charge is 0.328 e. The van der Waals surface area contributed by atoms with Gasteiger partial charge in [0.1, 0.15) is 0 Å². The first-order valence-electron chi connectivity index (χ1n) is 11.5. The zero-order valence-electron chi connectivity index (χ0n) is 19.8. The molecule has 2 saturated heterocycles. The summed E-state index contributed by atoms with van der Waals surface area (Å²) >= 11 is 14.0. The second-order valence-electron chi connectivity index (χ2n) is 9.68. The number of methoxy groups -OCH3 is 1. The van der Waals surface area contributed by atoms with E-state index in [1.807, 2.05) is 0 Å². The van der Waals surface area contributed by atoms with Crippen LogP contribution < -0.4 is 10.5 Å². The third-order valence-electron chi connectivity index (χ3n) is 7.98. The molecule has 6 amide bonds. The maximum Gasteiger partial charge on any atom is 0.328 e. The number of nitrogens with two attached hydrogens (primary N) is 1. The summed E-state index contributed by atoms with van der Waals surface area (Å²) in [6.45, 7) is 0. The molecular formula is C25H23Cl2N3O7. The van der Waals surface area contributed by atoms with Crippen LogP contribution >= 0.6 is 23.2 Å². The van der Waals surface area contributed by atoms with Gasteiger partial charge in [0.05, 0.1) is 18.9 Å². The van der Waals surface area contributed by atoms with Crippen molar-refractivity contribution in [3.63, 3.8) is 0 Å². The highest BCUT2D eigenvalue weighted by molar-refractivity contribution is 6.53. The van der Waals surface area contributed by atoms with Crippen molar-refractivity contribution in [2.45, 2.75) is 22.6 Å². The number of carbonyl (C=O) groups excluding carboxylic acids is 5. The molecule has 6 unspecified atom stereocenters. The number of ether oxygens (including phenoxy) is 1. The van der Waals surface area contributed by atoms with Crippen LogP contribution in [-0.4, -0.2) is 68.5 Å². The minimum atomic E-state index is -1.91. The summed E-state index contributed by atoms with van der Waals surface area (Å²) in [6, 6.07) is 3.46. The Labute approximate surface area is 221 Å². The third-order valence-corrected chi connectivity index (χ3v) is 9.41. The van der Waals surface area contributed by atoms with Gasteiger partial charge in [-0.15, -0.1) is 23.2 Å². The number of allylic oxidation sites excluding steroid dienone is 3. The predicted octanol–water partition coefficient (Wildman–Crippen LogP) is 2.01. The van der Waals surface area contributed by atoms with E-state index >= 15 is 0 Å². The number of hydrogen-bond donors (Lipinski definition) is 2. The Morgan fingerprint density at radius 3 is 2.51 bits per heavy atom. The van der Waals surface area contributed by atoms with Gasteiger partial charge in [0, 0.05) is 13.0 Å². The summed E-state index contributed by atoms with van der Waals surface area (Å²) in [5.74, 6) is -6.16. The number of aromatic hydroxyl groups is 1. The van der Waals surface area contributed by atoms with Gasteiger partial charge in [0.15, 0.2) is 21.2 Å². The lowest BCUT2D eigenvalue weighted by Gasteiger charge is -2.49. The molecule has 1 aromatic rings. The lowest BCUT2D eigenvalue weighted by molar-refractivity contribution is -0.139. The highest BCUT2D eigenvalue weighted by Crippen LogP contribution is 2.62. The van der Waals surface area contributed by atoms with E-state index < -0.39 is 63.1 Å². The number of amides is 6. The molecule has 6 atom stereocenters. The highest BCUT2D eigenvalue weighted by atomic mass is 35.5. The first-order valence-corrected chi connectivity index (χ1v) is 12.3. The highest BCUT2D eigenvalue weighted by Gasteiger charge is 2.75. The van der Waals surface area contributed by atoms with Crippen molar-refractivity contribution in [1.82, 2.24) is 9.80 Å². The Hall–Kier alpha value is -3.37. The lowest BCUT2D eigenvalue weighted by atomic mass is 9.57. The van der Waals surface area contributed by atoms with Crippen LogP contribution in [0.2, 0.25) is 0 Å². The quantitative estimate of drug-likeness (QED) is 0.334. The first kappa shape index (κ1) is 25.3. The molecule has 10 nitrogen and oxygen atoms in total. The Morgan fingerprint density at radius 2 is 1.86 bits per heavy atom. The monoisotopic (exact) mass is 547 g/mol. The summed E-state index contributed by atoms with van der Waals surface area (Å²) in [5, 5.41) is 9.91. The zero-order chi connectivity index (χ0) is 27.0. The molecule has 3 fully saturated rings. The van der Waals surface area contributed by atoms with E-state index in [-0.39, 0.29) is 24.3 Å². The van der Waals surface area contributed by atoms with E-state index in [0.29, 0.717) is 16.0 Å². The van der Waals surface area contributed by atoms with Gasteiger partial charge in [0.2, 0.25) is 11.8 Å². The molecule has 2 aliphatic heterocycles. The summed E-state index contributed by atoms with van der Waals surface area (Å²) in [4.78, 5) is 62.1. The fraction of sp³-hybridized carbons (Fsp3) is 0.400. The molecule has 5 rings (SSSR count). The lowest BCUT2D eigenvalue weighted by Crippen LogP contribution is -2.60. The largest absolute Gasteiger partial charge is 0.504 e. The van der Waals surface area contributed by atoms with Crippen molar-refractivity contribution >= 4 is 58.9 Å². The number of nitrogens with zero attached hydrogens (tertiary/aromatic N) is 2. The van der Waals surface area contributed by atoms with Gasteiger partial charge in [-0.1, -0.05) is 29.9 Å². The normalized spacial score (nSPS) is 35.0. The molecule has 0 radical (unpaired) electrons. The molecule has 194 valence electrons. The maximum atomic E-state index is 13.4. The topological polar surface area (TPSA) is 147 Å². The van der Waals surface area contributed by atoms with E-state index in [0.717, 1.165) is 4.90 Å². The number of primary amides is 1. The molecule has 4 aliphatic rings. The SMILES string of the molecule is COc1cc(C=CC2C3=CCC4C(=O)N(C(N)=O)C(=O)C4C3CC3(Cl)C(=O)N(C)C(=O)C23Cl)ccc1O. The van der Waals surface area contributed by atoms with E-state index in [1.54, 1.807) is 30.4 Å². The molecular weight excluding hydrogens is 525 g/mol. The Kier molecular flexibility index (Phi) is 5.69. The van der Waals surface area contributed by atoms with Crippen LogP contribution in [-0.2, 0) is 19.2 Å². The van der Waals surface area contributed by atoms with Crippen LogP contribution in [0.25, 0.3) is 6.08 Å². The number of carbonyl (C=O) groups is 5. The first-order chi connectivity index (χ1) is 17.4. The molecule has 0 aromatic heterocycles. The fourth-order valence-electron chi connectivity index (χ4n) is 6.21. The zero-order valence-corrected chi connectivity index (χ0v) is 21.3. The summed E-state index contributed by atoms with van der Waals surface area (Å²) in [5.41, 5.74) is 6.48. The molecule has 0 bridgehead atoms. The van der Waals surface area contributed by atoms with Crippen LogP contribution in [0.3, 0.4) is 0 Å². The van der Waals surface area contributed by atoms with Crippen molar-refractivity contribution in [3.05, 3.63) is 41.5 Å². The molecule has 1 saturated carbocycles. The van der Waals surface area contributed by atoms with E-state index in [2.05, 4.69) is 0 Å². The Balaban J connectivity index is 1.65. The molecule has 2 aliphatic carbocycles. The molecule has 2 heterocycles. The second kappa shape index (κ2) is 8.32. The number of alkyl halides is 2. The predicted molar refractivity (Wildman–Crippen MR) is 131 cm³/mol. The van der Waals surface area contributed by atoms with Crippen LogP contribution in [0.4, 0.5) is 4.79 Å². The van der Waals surface area contributed by atoms with Crippen molar-refractivity contribution in [2.75, 3.05) is 14.2 Å². The maximum absolute atomic E-state index is 13.4. The van der Waals surface area contributed by atoms with Crippen LogP contribution in [0.15, 0.2) is 35.9 Å². The number of imide groups is 4. The Bertz CT molecular complexity index is 1340. The molecule has 1 aromatic carbocycles. The summed E-state index contributed by atoms with van der Waals surface area (Å²) < 4.78 is 5.15. The van der Waals surface area contributed by atoms with Gasteiger partial charge in [-0.2, -0.15) is 4.90 Å². The van der Waals surface area contributed by atoms with Crippen molar-refractivity contribution < 1.29 is 33.8 Å². The molecule has 37 heavy (non-hydrogen) atoms. The van der Waals surface area contributed by atoms with Crippen molar-refractivity contribution in [1.29, 1.82) is 0 Å². The summed E-state index contributed by atoms with van der Waals surface area (Å²) in [7, 11) is 2.70. The van der Waals surface area contributed by atoms with Gasteiger partial charge in [-0.3, -0.25) is 24.1 Å². The number of benzene rings is 1. The minimum absolute atomic E-state index is 0.0615. The van der Waals surface area contributed by atoms with Gasteiger partial charge in [-0.25, -0.2) is 4.79 Å². The van der Waals surface area contributed by atoms with Gasteiger partial charge in [-0.05, 0) is 36.5 Å². The molecule has 3 N–H and O–H groups in total. The Morgan fingerprint density at radius 1 is 1.16 bits per heavy atom. The number of phenolic OH excluding ortho intramolecular Hbond substituents is 1. The number of likely N-dealkylation sites (tertiary alicyclic amines) is 2. The second-order valence-corrected chi connectivity index (χ2v) is 10.9. The number of urea groups is 1. The van der Waals surface area contributed by atoms with Crippen molar-refractivity contribution in [3.8, 4) is 11.5 Å². The number of hydrogen-bond acceptors (Lipinski definition) is 7. The van der Waals surface area contributed by atoms with Gasteiger partial charge >= 0.3 is 6.03 Å². The third kappa shape index (κ3) is 3.21. The van der Waals surface area contributed by atoms with Gasteiger partial charge in [0.25, 0.3) is 11.8 Å².